The zero-order chi connectivity index (χ0) is 12.7. The molecular weight excluding hydrogens is 224 g/mol. The van der Waals surface area contributed by atoms with Crippen molar-refractivity contribution in [1.29, 1.82) is 0 Å². The van der Waals surface area contributed by atoms with Gasteiger partial charge in [0.2, 0.25) is 5.91 Å². The smallest absolute Gasteiger partial charge is 0.271 e. The SMILES string of the molecule is CNC(=O)CCNC(=O)c1cncc(NN)n1. The highest BCUT2D eigenvalue weighted by Gasteiger charge is 2.08. The second kappa shape index (κ2) is 6.38. The van der Waals surface area contributed by atoms with E-state index in [4.69, 9.17) is 5.84 Å². The van der Waals surface area contributed by atoms with Crippen LogP contribution in [0.4, 0.5) is 5.82 Å². The third-order valence-corrected chi connectivity index (χ3v) is 1.93. The minimum atomic E-state index is -0.404. The molecule has 0 spiro atoms. The summed E-state index contributed by atoms with van der Waals surface area (Å²) in [6.45, 7) is 0.237. The molecule has 0 saturated carbocycles. The van der Waals surface area contributed by atoms with Crippen LogP contribution in [0, 0.1) is 0 Å². The van der Waals surface area contributed by atoms with E-state index in [0.717, 1.165) is 0 Å². The van der Waals surface area contributed by atoms with Crippen molar-refractivity contribution in [3.05, 3.63) is 18.1 Å². The topological polar surface area (TPSA) is 122 Å². The Morgan fingerprint density at radius 1 is 1.41 bits per heavy atom. The van der Waals surface area contributed by atoms with Crippen LogP contribution < -0.4 is 21.9 Å². The number of carbonyl (C=O) groups excluding carboxylic acids is 2. The molecule has 0 saturated heterocycles. The van der Waals surface area contributed by atoms with Crippen molar-refractivity contribution in [2.75, 3.05) is 19.0 Å². The molecule has 0 radical (unpaired) electrons. The first-order valence-corrected chi connectivity index (χ1v) is 4.94. The Hall–Kier alpha value is -2.22. The Morgan fingerprint density at radius 3 is 2.82 bits per heavy atom. The number of nitrogens with zero attached hydrogens (tertiary/aromatic N) is 2. The summed E-state index contributed by atoms with van der Waals surface area (Å²) >= 11 is 0. The maximum atomic E-state index is 11.6. The largest absolute Gasteiger partial charge is 0.359 e. The van der Waals surface area contributed by atoms with Crippen molar-refractivity contribution in [3.8, 4) is 0 Å². The number of hydrogen-bond acceptors (Lipinski definition) is 6. The lowest BCUT2D eigenvalue weighted by Crippen LogP contribution is -2.30. The predicted octanol–water partition coefficient (Wildman–Crippen LogP) is -1.37. The van der Waals surface area contributed by atoms with E-state index in [1.165, 1.54) is 19.4 Å². The van der Waals surface area contributed by atoms with Gasteiger partial charge in [0.1, 0.15) is 5.69 Å². The summed E-state index contributed by atoms with van der Waals surface area (Å²) in [5.74, 6) is 4.89. The number of carbonyl (C=O) groups is 2. The monoisotopic (exact) mass is 238 g/mol. The molecule has 0 atom stereocenters. The van der Waals surface area contributed by atoms with Gasteiger partial charge in [0.25, 0.3) is 5.91 Å². The van der Waals surface area contributed by atoms with Gasteiger partial charge < -0.3 is 16.1 Å². The van der Waals surface area contributed by atoms with Gasteiger partial charge in [-0.3, -0.25) is 14.6 Å². The Labute approximate surface area is 98.0 Å². The number of nitrogen functional groups attached to an aromatic ring is 1. The molecule has 1 aromatic rings. The number of hydrazine groups is 1. The summed E-state index contributed by atoms with van der Waals surface area (Å²) in [6, 6.07) is 0. The van der Waals surface area contributed by atoms with Crippen molar-refractivity contribution < 1.29 is 9.59 Å². The summed E-state index contributed by atoms with van der Waals surface area (Å²) in [6.07, 6.45) is 2.92. The molecule has 0 bridgehead atoms. The van der Waals surface area contributed by atoms with E-state index < -0.39 is 5.91 Å². The van der Waals surface area contributed by atoms with Crippen LogP contribution in [-0.2, 0) is 4.79 Å². The first-order chi connectivity index (χ1) is 8.17. The second-order valence-corrected chi connectivity index (χ2v) is 3.11. The molecule has 0 aliphatic carbocycles. The fourth-order valence-corrected chi connectivity index (χ4v) is 1.05. The first kappa shape index (κ1) is 12.8. The molecule has 0 aliphatic rings. The Kier molecular flexibility index (Phi) is 4.82. The van der Waals surface area contributed by atoms with Crippen LogP contribution in [0.2, 0.25) is 0 Å². The zero-order valence-corrected chi connectivity index (χ0v) is 9.36. The van der Waals surface area contributed by atoms with E-state index in [1.807, 2.05) is 0 Å². The molecule has 1 aromatic heterocycles. The fraction of sp³-hybridized carbons (Fsp3) is 0.333. The fourth-order valence-electron chi connectivity index (χ4n) is 1.05. The van der Waals surface area contributed by atoms with Gasteiger partial charge in [-0.1, -0.05) is 0 Å². The maximum absolute atomic E-state index is 11.6. The van der Waals surface area contributed by atoms with E-state index in [-0.39, 0.29) is 24.6 Å². The van der Waals surface area contributed by atoms with Crippen molar-refractivity contribution in [2.24, 2.45) is 5.84 Å². The van der Waals surface area contributed by atoms with Crippen LogP contribution in [-0.4, -0.2) is 35.4 Å². The van der Waals surface area contributed by atoms with Crippen molar-refractivity contribution in [2.45, 2.75) is 6.42 Å². The van der Waals surface area contributed by atoms with Crippen LogP contribution in [0.3, 0.4) is 0 Å². The number of nitrogens with two attached hydrogens (primary N) is 1. The Morgan fingerprint density at radius 2 is 2.18 bits per heavy atom. The molecule has 17 heavy (non-hydrogen) atoms. The molecule has 5 N–H and O–H groups in total. The molecular formula is C9H14N6O2. The van der Waals surface area contributed by atoms with Gasteiger partial charge in [-0.15, -0.1) is 0 Å². The number of anilines is 1. The zero-order valence-electron chi connectivity index (χ0n) is 9.36. The van der Waals surface area contributed by atoms with Gasteiger partial charge in [-0.25, -0.2) is 10.8 Å². The van der Waals surface area contributed by atoms with Crippen LogP contribution in [0.25, 0.3) is 0 Å². The van der Waals surface area contributed by atoms with Crippen LogP contribution in [0.15, 0.2) is 12.4 Å². The quantitative estimate of drug-likeness (QED) is 0.371. The van der Waals surface area contributed by atoms with E-state index in [0.29, 0.717) is 5.82 Å². The predicted molar refractivity (Wildman–Crippen MR) is 60.9 cm³/mol. The van der Waals surface area contributed by atoms with Gasteiger partial charge in [-0.05, 0) is 0 Å². The van der Waals surface area contributed by atoms with Gasteiger partial charge >= 0.3 is 0 Å². The van der Waals surface area contributed by atoms with Gasteiger partial charge in [-0.2, -0.15) is 0 Å². The summed E-state index contributed by atoms with van der Waals surface area (Å²) in [5, 5.41) is 5.00. The number of amides is 2. The van der Waals surface area contributed by atoms with Crippen molar-refractivity contribution >= 4 is 17.6 Å². The lowest BCUT2D eigenvalue weighted by atomic mass is 10.3. The minimum absolute atomic E-state index is 0.136. The molecule has 8 nitrogen and oxygen atoms in total. The van der Waals surface area contributed by atoms with Crippen LogP contribution >= 0.6 is 0 Å². The summed E-state index contributed by atoms with van der Waals surface area (Å²) in [4.78, 5) is 30.2. The summed E-state index contributed by atoms with van der Waals surface area (Å²) < 4.78 is 0. The molecule has 0 fully saturated rings. The molecule has 1 heterocycles. The number of hydrogen-bond donors (Lipinski definition) is 4. The average Bonchev–Trinajstić information content (AvgIpc) is 2.38. The van der Waals surface area contributed by atoms with Crippen LogP contribution in [0.1, 0.15) is 16.9 Å². The number of nitrogens with one attached hydrogen (secondary N) is 3. The number of aromatic nitrogens is 2. The van der Waals surface area contributed by atoms with Gasteiger partial charge in [0.05, 0.1) is 12.4 Å². The van der Waals surface area contributed by atoms with Gasteiger partial charge in [0.15, 0.2) is 5.82 Å². The Bertz CT molecular complexity index is 408. The molecule has 1 rings (SSSR count). The highest BCUT2D eigenvalue weighted by atomic mass is 16.2. The highest BCUT2D eigenvalue weighted by Crippen LogP contribution is 1.99. The van der Waals surface area contributed by atoms with Crippen LogP contribution in [0.5, 0.6) is 0 Å². The van der Waals surface area contributed by atoms with Crippen molar-refractivity contribution in [1.82, 2.24) is 20.6 Å². The number of rotatable bonds is 5. The van der Waals surface area contributed by atoms with Gasteiger partial charge in [0, 0.05) is 20.0 Å². The molecule has 0 aliphatic heterocycles. The standard InChI is InChI=1S/C9H14N6O2/c1-11-8(16)2-3-13-9(17)6-4-12-5-7(14-6)15-10/h4-5H,2-3,10H2,1H3,(H,11,16)(H,13,17)(H,14,15). The first-order valence-electron chi connectivity index (χ1n) is 4.94. The second-order valence-electron chi connectivity index (χ2n) is 3.11. The molecule has 8 heteroatoms. The summed E-state index contributed by atoms with van der Waals surface area (Å²) in [5.41, 5.74) is 2.42. The average molecular weight is 238 g/mol. The van der Waals surface area contributed by atoms with E-state index in [1.54, 1.807) is 0 Å². The lowest BCUT2D eigenvalue weighted by molar-refractivity contribution is -0.120. The molecule has 92 valence electrons. The normalized spacial score (nSPS) is 9.53. The summed E-state index contributed by atoms with van der Waals surface area (Å²) in [7, 11) is 1.53. The third kappa shape index (κ3) is 4.03. The van der Waals surface area contributed by atoms with E-state index >= 15 is 0 Å². The minimum Gasteiger partial charge on any atom is -0.359 e. The highest BCUT2D eigenvalue weighted by molar-refractivity contribution is 5.92. The Balaban J connectivity index is 2.49. The molecule has 0 aromatic carbocycles. The van der Waals surface area contributed by atoms with E-state index in [2.05, 4.69) is 26.0 Å². The lowest BCUT2D eigenvalue weighted by Gasteiger charge is -2.05. The third-order valence-electron chi connectivity index (χ3n) is 1.93. The van der Waals surface area contributed by atoms with Crippen molar-refractivity contribution in [3.63, 3.8) is 0 Å². The molecule has 0 unspecified atom stereocenters. The van der Waals surface area contributed by atoms with E-state index in [9.17, 15) is 9.59 Å². The maximum Gasteiger partial charge on any atom is 0.271 e. The molecule has 2 amide bonds.